The molecule has 0 fully saturated rings. The van der Waals surface area contributed by atoms with E-state index in [-0.39, 0.29) is 30.7 Å². The topological polar surface area (TPSA) is 64.3 Å². The molecule has 0 aliphatic heterocycles. The van der Waals surface area contributed by atoms with Crippen LogP contribution in [0.15, 0.2) is 18.2 Å². The van der Waals surface area contributed by atoms with Crippen LogP contribution in [-0.4, -0.2) is 25.6 Å². The Morgan fingerprint density at radius 2 is 2.28 bits per heavy atom. The highest BCUT2D eigenvalue weighted by Gasteiger charge is 2.07. The lowest BCUT2D eigenvalue weighted by molar-refractivity contribution is -0.121. The van der Waals surface area contributed by atoms with Gasteiger partial charge in [0, 0.05) is 13.1 Å². The first kappa shape index (κ1) is 14.4. The third-order valence-corrected chi connectivity index (χ3v) is 2.42. The first-order valence-electron chi connectivity index (χ1n) is 5.90. The van der Waals surface area contributed by atoms with Gasteiger partial charge in [-0.05, 0) is 31.0 Å². The van der Waals surface area contributed by atoms with E-state index in [1.165, 1.54) is 6.07 Å². The Kier molecular flexibility index (Phi) is 5.58. The molecule has 4 nitrogen and oxygen atoms in total. The van der Waals surface area contributed by atoms with E-state index < -0.39 is 5.82 Å². The summed E-state index contributed by atoms with van der Waals surface area (Å²) in [4.78, 5) is 11.0. The lowest BCUT2D eigenvalue weighted by atomic mass is 10.1. The number of amides is 1. The number of benzene rings is 1. The molecule has 0 saturated heterocycles. The highest BCUT2D eigenvalue weighted by Crippen LogP contribution is 2.19. The predicted molar refractivity (Wildman–Crippen MR) is 67.9 cm³/mol. The van der Waals surface area contributed by atoms with Crippen molar-refractivity contribution >= 4 is 5.91 Å². The monoisotopic (exact) mass is 254 g/mol. The van der Waals surface area contributed by atoms with Gasteiger partial charge in [0.15, 0.2) is 11.6 Å². The standard InChI is InChI=1S/C13H19FN2O2/c1-9(15)7-10-3-4-12(11(14)8-10)18-6-5-13(17)16-2/h3-4,8-9H,5-7,15H2,1-2H3,(H,16,17). The molecular weight excluding hydrogens is 235 g/mol. The molecule has 18 heavy (non-hydrogen) atoms. The third-order valence-electron chi connectivity index (χ3n) is 2.42. The predicted octanol–water partition coefficient (Wildman–Crippen LogP) is 1.23. The van der Waals surface area contributed by atoms with Gasteiger partial charge >= 0.3 is 0 Å². The molecule has 1 rings (SSSR count). The van der Waals surface area contributed by atoms with Crippen molar-refractivity contribution in [1.82, 2.24) is 5.32 Å². The number of ether oxygens (including phenoxy) is 1. The molecule has 0 bridgehead atoms. The van der Waals surface area contributed by atoms with Gasteiger partial charge in [-0.1, -0.05) is 6.07 Å². The summed E-state index contributed by atoms with van der Waals surface area (Å²) in [6.45, 7) is 2.02. The number of hydrogen-bond donors (Lipinski definition) is 2. The molecule has 1 aromatic rings. The van der Waals surface area contributed by atoms with Crippen molar-refractivity contribution in [2.45, 2.75) is 25.8 Å². The minimum atomic E-state index is -0.426. The smallest absolute Gasteiger partial charge is 0.223 e. The summed E-state index contributed by atoms with van der Waals surface area (Å²) < 4.78 is 18.8. The van der Waals surface area contributed by atoms with Crippen molar-refractivity contribution < 1.29 is 13.9 Å². The number of halogens is 1. The van der Waals surface area contributed by atoms with E-state index >= 15 is 0 Å². The van der Waals surface area contributed by atoms with Crippen LogP contribution in [0.3, 0.4) is 0 Å². The van der Waals surface area contributed by atoms with Crippen molar-refractivity contribution in [3.05, 3.63) is 29.6 Å². The van der Waals surface area contributed by atoms with Crippen molar-refractivity contribution in [2.75, 3.05) is 13.7 Å². The highest BCUT2D eigenvalue weighted by molar-refractivity contribution is 5.75. The van der Waals surface area contributed by atoms with E-state index in [0.717, 1.165) is 5.56 Å². The number of nitrogens with two attached hydrogens (primary N) is 1. The zero-order valence-electron chi connectivity index (χ0n) is 10.7. The van der Waals surface area contributed by atoms with Crippen molar-refractivity contribution in [1.29, 1.82) is 0 Å². The minimum absolute atomic E-state index is 0.00980. The number of carbonyl (C=O) groups is 1. The highest BCUT2D eigenvalue weighted by atomic mass is 19.1. The Morgan fingerprint density at radius 3 is 2.83 bits per heavy atom. The van der Waals surface area contributed by atoms with E-state index in [0.29, 0.717) is 6.42 Å². The Labute approximate surface area is 106 Å². The van der Waals surface area contributed by atoms with E-state index in [9.17, 15) is 9.18 Å². The Morgan fingerprint density at radius 1 is 1.56 bits per heavy atom. The van der Waals surface area contributed by atoms with E-state index in [1.54, 1.807) is 19.2 Å². The van der Waals surface area contributed by atoms with Crippen LogP contribution in [0.25, 0.3) is 0 Å². The molecule has 0 saturated carbocycles. The number of nitrogens with one attached hydrogen (secondary N) is 1. The number of rotatable bonds is 6. The van der Waals surface area contributed by atoms with Gasteiger partial charge in [0.05, 0.1) is 13.0 Å². The maximum Gasteiger partial charge on any atom is 0.223 e. The SMILES string of the molecule is CNC(=O)CCOc1ccc(CC(C)N)cc1F. The summed E-state index contributed by atoms with van der Waals surface area (Å²) in [6.07, 6.45) is 0.826. The fourth-order valence-electron chi connectivity index (χ4n) is 1.54. The Balaban J connectivity index is 2.54. The van der Waals surface area contributed by atoms with Crippen LogP contribution in [0.2, 0.25) is 0 Å². The second-order valence-corrected chi connectivity index (χ2v) is 4.22. The normalized spacial score (nSPS) is 12.0. The summed E-state index contributed by atoms with van der Waals surface area (Å²) in [5.41, 5.74) is 6.48. The molecule has 0 radical (unpaired) electrons. The van der Waals surface area contributed by atoms with Crippen LogP contribution < -0.4 is 15.8 Å². The van der Waals surface area contributed by atoms with Crippen LogP contribution >= 0.6 is 0 Å². The Bertz CT molecular complexity index is 408. The van der Waals surface area contributed by atoms with Gasteiger partial charge < -0.3 is 15.8 Å². The molecule has 5 heteroatoms. The second kappa shape index (κ2) is 6.96. The molecule has 0 aliphatic carbocycles. The average molecular weight is 254 g/mol. The minimum Gasteiger partial charge on any atom is -0.490 e. The fraction of sp³-hybridized carbons (Fsp3) is 0.462. The van der Waals surface area contributed by atoms with Crippen LogP contribution in [0.1, 0.15) is 18.9 Å². The maximum absolute atomic E-state index is 13.6. The second-order valence-electron chi connectivity index (χ2n) is 4.22. The van der Waals surface area contributed by atoms with E-state index in [1.807, 2.05) is 6.92 Å². The van der Waals surface area contributed by atoms with Crippen LogP contribution in [0, 0.1) is 5.82 Å². The van der Waals surface area contributed by atoms with Gasteiger partial charge in [-0.2, -0.15) is 0 Å². The molecule has 1 amide bonds. The molecule has 100 valence electrons. The summed E-state index contributed by atoms with van der Waals surface area (Å²) in [6, 6.07) is 4.75. The van der Waals surface area contributed by atoms with E-state index in [2.05, 4.69) is 5.32 Å². The largest absolute Gasteiger partial charge is 0.490 e. The molecular formula is C13H19FN2O2. The molecule has 0 aliphatic rings. The Hall–Kier alpha value is -1.62. The number of hydrogen-bond acceptors (Lipinski definition) is 3. The third kappa shape index (κ3) is 4.71. The first-order valence-corrected chi connectivity index (χ1v) is 5.90. The lowest BCUT2D eigenvalue weighted by Crippen LogP contribution is -2.20. The fourth-order valence-corrected chi connectivity index (χ4v) is 1.54. The van der Waals surface area contributed by atoms with Gasteiger partial charge in [-0.25, -0.2) is 4.39 Å². The molecule has 1 unspecified atom stereocenters. The first-order chi connectivity index (χ1) is 8.52. The molecule has 0 aromatic heterocycles. The van der Waals surface area contributed by atoms with Crippen molar-refractivity contribution in [3.8, 4) is 5.75 Å². The lowest BCUT2D eigenvalue weighted by Gasteiger charge is -2.09. The van der Waals surface area contributed by atoms with Crippen molar-refractivity contribution in [2.24, 2.45) is 5.73 Å². The average Bonchev–Trinajstić information content (AvgIpc) is 2.31. The van der Waals surface area contributed by atoms with Crippen LogP contribution in [0.5, 0.6) is 5.75 Å². The van der Waals surface area contributed by atoms with E-state index in [4.69, 9.17) is 10.5 Å². The van der Waals surface area contributed by atoms with Gasteiger partial charge in [0.1, 0.15) is 0 Å². The zero-order valence-corrected chi connectivity index (χ0v) is 10.7. The number of carbonyl (C=O) groups excluding carboxylic acids is 1. The summed E-state index contributed by atoms with van der Waals surface area (Å²) in [7, 11) is 1.55. The molecule has 0 heterocycles. The molecule has 0 spiro atoms. The van der Waals surface area contributed by atoms with Gasteiger partial charge in [0.2, 0.25) is 5.91 Å². The summed E-state index contributed by atoms with van der Waals surface area (Å²) in [5.74, 6) is -0.402. The summed E-state index contributed by atoms with van der Waals surface area (Å²) >= 11 is 0. The van der Waals surface area contributed by atoms with Gasteiger partial charge in [-0.15, -0.1) is 0 Å². The zero-order chi connectivity index (χ0) is 13.5. The maximum atomic E-state index is 13.6. The van der Waals surface area contributed by atoms with Gasteiger partial charge in [-0.3, -0.25) is 4.79 Å². The summed E-state index contributed by atoms with van der Waals surface area (Å²) in [5, 5.41) is 2.47. The van der Waals surface area contributed by atoms with Crippen LogP contribution in [-0.2, 0) is 11.2 Å². The quantitative estimate of drug-likeness (QED) is 0.802. The molecule has 3 N–H and O–H groups in total. The molecule has 1 atom stereocenters. The van der Waals surface area contributed by atoms with Gasteiger partial charge in [0.25, 0.3) is 0 Å². The molecule has 1 aromatic carbocycles. The van der Waals surface area contributed by atoms with Crippen molar-refractivity contribution in [3.63, 3.8) is 0 Å². The van der Waals surface area contributed by atoms with Crippen LogP contribution in [0.4, 0.5) is 4.39 Å².